The summed E-state index contributed by atoms with van der Waals surface area (Å²) in [5, 5.41) is 0. The van der Waals surface area contributed by atoms with Crippen LogP contribution in [-0.4, -0.2) is 18.1 Å². The van der Waals surface area contributed by atoms with Crippen LogP contribution in [0.3, 0.4) is 0 Å². The van der Waals surface area contributed by atoms with Gasteiger partial charge in [0.1, 0.15) is 5.69 Å². The van der Waals surface area contributed by atoms with E-state index in [-0.39, 0.29) is 17.7 Å². The first-order chi connectivity index (χ1) is 7.90. The quantitative estimate of drug-likeness (QED) is 0.771. The summed E-state index contributed by atoms with van der Waals surface area (Å²) in [6.07, 6.45) is -2.99. The average Bonchev–Trinajstić information content (AvgIpc) is 2.27. The molecule has 1 heterocycles. The molecule has 0 saturated heterocycles. The highest BCUT2D eigenvalue weighted by atomic mass is 19.4. The van der Waals surface area contributed by atoms with Crippen LogP contribution in [0.1, 0.15) is 35.0 Å². The SMILES string of the molecule is CCCc1cc(C(=O)OC)ncc1C(F)(F)F. The molecule has 0 unspecified atom stereocenters. The molecular weight excluding hydrogens is 235 g/mol. The summed E-state index contributed by atoms with van der Waals surface area (Å²) in [5.74, 6) is -0.740. The summed E-state index contributed by atoms with van der Waals surface area (Å²) in [4.78, 5) is 14.6. The van der Waals surface area contributed by atoms with Gasteiger partial charge in [-0.1, -0.05) is 13.3 Å². The van der Waals surface area contributed by atoms with Crippen molar-refractivity contribution in [3.63, 3.8) is 0 Å². The molecule has 6 heteroatoms. The minimum Gasteiger partial charge on any atom is -0.464 e. The molecule has 1 aromatic rings. The van der Waals surface area contributed by atoms with Crippen LogP contribution in [0.2, 0.25) is 0 Å². The van der Waals surface area contributed by atoms with Gasteiger partial charge in [-0.2, -0.15) is 13.2 Å². The number of pyridine rings is 1. The van der Waals surface area contributed by atoms with Crippen molar-refractivity contribution in [2.24, 2.45) is 0 Å². The monoisotopic (exact) mass is 247 g/mol. The van der Waals surface area contributed by atoms with Gasteiger partial charge in [-0.3, -0.25) is 0 Å². The Morgan fingerprint density at radius 1 is 1.47 bits per heavy atom. The Hall–Kier alpha value is -1.59. The maximum absolute atomic E-state index is 12.6. The Bertz CT molecular complexity index is 416. The molecule has 1 rings (SSSR count). The van der Waals surface area contributed by atoms with E-state index in [1.165, 1.54) is 0 Å². The van der Waals surface area contributed by atoms with Crippen molar-refractivity contribution in [1.29, 1.82) is 0 Å². The standard InChI is InChI=1S/C11H12F3NO2/c1-3-4-7-5-9(10(16)17-2)15-6-8(7)11(12,13)14/h5-6H,3-4H2,1-2H3. The number of halogens is 3. The van der Waals surface area contributed by atoms with Crippen LogP contribution in [0.25, 0.3) is 0 Å². The number of methoxy groups -OCH3 is 1. The molecule has 0 fully saturated rings. The van der Waals surface area contributed by atoms with Crippen LogP contribution in [0.5, 0.6) is 0 Å². The highest BCUT2D eigenvalue weighted by Crippen LogP contribution is 2.32. The van der Waals surface area contributed by atoms with Crippen molar-refractivity contribution in [2.45, 2.75) is 25.9 Å². The second-order valence-electron chi connectivity index (χ2n) is 3.47. The van der Waals surface area contributed by atoms with Crippen LogP contribution in [0.4, 0.5) is 13.2 Å². The number of carbonyl (C=O) groups excluding carboxylic acids is 1. The van der Waals surface area contributed by atoms with Crippen LogP contribution in [0.15, 0.2) is 12.3 Å². The molecule has 0 spiro atoms. The van der Waals surface area contributed by atoms with Gasteiger partial charge in [0.05, 0.1) is 12.7 Å². The summed E-state index contributed by atoms with van der Waals surface area (Å²) >= 11 is 0. The number of nitrogens with zero attached hydrogens (tertiary/aromatic N) is 1. The van der Waals surface area contributed by atoms with Gasteiger partial charge in [0, 0.05) is 6.20 Å². The molecule has 0 radical (unpaired) electrons. The van der Waals surface area contributed by atoms with Crippen molar-refractivity contribution in [1.82, 2.24) is 4.98 Å². The fourth-order valence-corrected chi connectivity index (χ4v) is 1.44. The highest BCUT2D eigenvalue weighted by Gasteiger charge is 2.34. The lowest BCUT2D eigenvalue weighted by molar-refractivity contribution is -0.138. The summed E-state index contributed by atoms with van der Waals surface area (Å²) in [5.41, 5.74) is -0.841. The molecule has 0 amide bonds. The number of alkyl halides is 3. The summed E-state index contributed by atoms with van der Waals surface area (Å²) in [6.45, 7) is 1.76. The molecule has 0 N–H and O–H groups in total. The molecular formula is C11H12F3NO2. The van der Waals surface area contributed by atoms with Crippen molar-refractivity contribution in [3.8, 4) is 0 Å². The van der Waals surface area contributed by atoms with Crippen molar-refractivity contribution >= 4 is 5.97 Å². The zero-order valence-electron chi connectivity index (χ0n) is 9.47. The average molecular weight is 247 g/mol. The Morgan fingerprint density at radius 2 is 2.12 bits per heavy atom. The fraction of sp³-hybridized carbons (Fsp3) is 0.455. The molecule has 0 bridgehead atoms. The summed E-state index contributed by atoms with van der Waals surface area (Å²) in [7, 11) is 1.15. The summed E-state index contributed by atoms with van der Waals surface area (Å²) in [6, 6.07) is 1.14. The second kappa shape index (κ2) is 5.16. The number of hydrogen-bond acceptors (Lipinski definition) is 3. The maximum Gasteiger partial charge on any atom is 0.418 e. The molecule has 94 valence electrons. The topological polar surface area (TPSA) is 39.2 Å². The van der Waals surface area contributed by atoms with Crippen LogP contribution >= 0.6 is 0 Å². The minimum absolute atomic E-state index is 0.0652. The number of ether oxygens (including phenoxy) is 1. The van der Waals surface area contributed by atoms with Crippen molar-refractivity contribution < 1.29 is 22.7 Å². The van der Waals surface area contributed by atoms with Gasteiger partial charge in [0.15, 0.2) is 0 Å². The van der Waals surface area contributed by atoms with Crippen LogP contribution in [-0.2, 0) is 17.3 Å². The smallest absolute Gasteiger partial charge is 0.418 e. The molecule has 1 aromatic heterocycles. The zero-order chi connectivity index (χ0) is 13.1. The molecule has 0 aliphatic heterocycles. The van der Waals surface area contributed by atoms with E-state index in [0.29, 0.717) is 12.6 Å². The van der Waals surface area contributed by atoms with E-state index in [0.717, 1.165) is 13.2 Å². The molecule has 0 saturated carbocycles. The molecule has 0 aliphatic rings. The Morgan fingerprint density at radius 3 is 2.59 bits per heavy atom. The molecule has 3 nitrogen and oxygen atoms in total. The van der Waals surface area contributed by atoms with Gasteiger partial charge in [-0.05, 0) is 18.1 Å². The Balaban J connectivity index is 3.22. The predicted molar refractivity (Wildman–Crippen MR) is 54.6 cm³/mol. The number of esters is 1. The van der Waals surface area contributed by atoms with E-state index in [2.05, 4.69) is 9.72 Å². The van der Waals surface area contributed by atoms with E-state index in [1.807, 2.05) is 0 Å². The predicted octanol–water partition coefficient (Wildman–Crippen LogP) is 2.84. The molecule has 0 atom stereocenters. The number of rotatable bonds is 3. The first-order valence-electron chi connectivity index (χ1n) is 5.04. The number of aromatic nitrogens is 1. The third-order valence-corrected chi connectivity index (χ3v) is 2.21. The zero-order valence-corrected chi connectivity index (χ0v) is 9.47. The van der Waals surface area contributed by atoms with Gasteiger partial charge in [-0.25, -0.2) is 9.78 Å². The molecule has 0 aliphatic carbocycles. The first kappa shape index (κ1) is 13.5. The third kappa shape index (κ3) is 3.18. The first-order valence-corrected chi connectivity index (χ1v) is 5.04. The van der Waals surface area contributed by atoms with Gasteiger partial charge in [0.25, 0.3) is 0 Å². The fourth-order valence-electron chi connectivity index (χ4n) is 1.44. The van der Waals surface area contributed by atoms with E-state index in [9.17, 15) is 18.0 Å². The Labute approximate surface area is 96.6 Å². The van der Waals surface area contributed by atoms with Crippen molar-refractivity contribution in [2.75, 3.05) is 7.11 Å². The maximum atomic E-state index is 12.6. The number of hydrogen-bond donors (Lipinski definition) is 0. The second-order valence-corrected chi connectivity index (χ2v) is 3.47. The van der Waals surface area contributed by atoms with Gasteiger partial charge in [-0.15, -0.1) is 0 Å². The van der Waals surface area contributed by atoms with Gasteiger partial charge >= 0.3 is 12.1 Å². The van der Waals surface area contributed by atoms with Crippen LogP contribution in [0, 0.1) is 0 Å². The lowest BCUT2D eigenvalue weighted by Crippen LogP contribution is -2.13. The number of aryl methyl sites for hydroxylation is 1. The van der Waals surface area contributed by atoms with Gasteiger partial charge < -0.3 is 4.74 Å². The van der Waals surface area contributed by atoms with Crippen molar-refractivity contribution in [3.05, 3.63) is 29.1 Å². The van der Waals surface area contributed by atoms with E-state index >= 15 is 0 Å². The minimum atomic E-state index is -4.45. The highest BCUT2D eigenvalue weighted by molar-refractivity contribution is 5.87. The van der Waals surface area contributed by atoms with E-state index in [4.69, 9.17) is 0 Å². The Kier molecular flexibility index (Phi) is 4.09. The van der Waals surface area contributed by atoms with E-state index < -0.39 is 17.7 Å². The largest absolute Gasteiger partial charge is 0.464 e. The summed E-state index contributed by atoms with van der Waals surface area (Å²) < 4.78 is 42.3. The molecule has 0 aromatic carbocycles. The molecule has 17 heavy (non-hydrogen) atoms. The number of carbonyl (C=O) groups is 1. The third-order valence-electron chi connectivity index (χ3n) is 2.21. The lowest BCUT2D eigenvalue weighted by Gasteiger charge is -2.12. The van der Waals surface area contributed by atoms with E-state index in [1.54, 1.807) is 6.92 Å². The van der Waals surface area contributed by atoms with Crippen LogP contribution < -0.4 is 0 Å². The van der Waals surface area contributed by atoms with Gasteiger partial charge in [0.2, 0.25) is 0 Å². The normalized spacial score (nSPS) is 11.4. The lowest BCUT2D eigenvalue weighted by atomic mass is 10.0.